The molecule has 0 spiro atoms. The van der Waals surface area contributed by atoms with Crippen molar-refractivity contribution in [2.45, 2.75) is 32.8 Å². The van der Waals surface area contributed by atoms with Gasteiger partial charge in [-0.15, -0.1) is 0 Å². The van der Waals surface area contributed by atoms with E-state index in [0.29, 0.717) is 27.6 Å². The molecule has 0 aromatic heterocycles. The van der Waals surface area contributed by atoms with E-state index in [9.17, 15) is 13.2 Å². The van der Waals surface area contributed by atoms with Crippen LogP contribution < -0.4 is 4.74 Å². The van der Waals surface area contributed by atoms with Gasteiger partial charge in [0.25, 0.3) is 0 Å². The van der Waals surface area contributed by atoms with E-state index in [1.165, 1.54) is 17.7 Å². The molecule has 0 fully saturated rings. The molecule has 5 heteroatoms. The minimum atomic E-state index is -3.09. The molecule has 164 valence electrons. The third-order valence-corrected chi connectivity index (χ3v) is 5.51. The van der Waals surface area contributed by atoms with Gasteiger partial charge >= 0.3 is 6.61 Å². The van der Waals surface area contributed by atoms with Crippen LogP contribution in [0.15, 0.2) is 72.8 Å². The van der Waals surface area contributed by atoms with Crippen LogP contribution in [0.5, 0.6) is 5.75 Å². The lowest BCUT2D eigenvalue weighted by molar-refractivity contribution is -0.0521. The van der Waals surface area contributed by atoms with Crippen molar-refractivity contribution < 1.29 is 22.3 Å². The summed E-state index contributed by atoms with van der Waals surface area (Å²) in [5.41, 5.74) is 3.57. The lowest BCUT2D eigenvalue weighted by Crippen LogP contribution is -2.03. The van der Waals surface area contributed by atoms with Gasteiger partial charge < -0.3 is 4.74 Å². The lowest BCUT2D eigenvalue weighted by Gasteiger charge is -2.10. The van der Waals surface area contributed by atoms with Gasteiger partial charge in [0.15, 0.2) is 11.6 Å². The van der Waals surface area contributed by atoms with E-state index in [1.807, 2.05) is 24.3 Å². The summed E-state index contributed by atoms with van der Waals surface area (Å²) < 4.78 is 58.0. The number of halogens is 4. The van der Waals surface area contributed by atoms with E-state index in [0.717, 1.165) is 30.7 Å². The Morgan fingerprint density at radius 2 is 1.50 bits per heavy atom. The number of ether oxygens (including phenoxy) is 1. The van der Waals surface area contributed by atoms with Crippen molar-refractivity contribution in [3.63, 3.8) is 0 Å². The standard InChI is InChI=1S/C27H22F4O/c1-2-3-4-17-5-12-23-21(15-17)10-13-22(26(23)29)19-8-6-18(7-9-19)20-11-14-25(24(28)16-20)32-27(30)31/h5-16,27H,2-4H2,1H3. The second-order valence-electron chi connectivity index (χ2n) is 7.69. The van der Waals surface area contributed by atoms with Crippen LogP contribution in [0.3, 0.4) is 0 Å². The highest BCUT2D eigenvalue weighted by atomic mass is 19.3. The smallest absolute Gasteiger partial charge is 0.387 e. The first-order valence-corrected chi connectivity index (χ1v) is 10.5. The molecule has 0 atom stereocenters. The van der Waals surface area contributed by atoms with Crippen LogP contribution in [-0.4, -0.2) is 6.61 Å². The van der Waals surface area contributed by atoms with E-state index >= 15 is 4.39 Å². The van der Waals surface area contributed by atoms with E-state index < -0.39 is 18.2 Å². The summed E-state index contributed by atoms with van der Waals surface area (Å²) in [7, 11) is 0. The Hall–Kier alpha value is -3.34. The third-order valence-electron chi connectivity index (χ3n) is 5.51. The molecule has 0 unspecified atom stereocenters. The Morgan fingerprint density at radius 1 is 0.781 bits per heavy atom. The average molecular weight is 438 g/mol. The number of benzene rings is 4. The van der Waals surface area contributed by atoms with Crippen molar-refractivity contribution in [2.75, 3.05) is 0 Å². The van der Waals surface area contributed by atoms with Crippen molar-refractivity contribution in [2.24, 2.45) is 0 Å². The predicted octanol–water partition coefficient (Wildman–Crippen LogP) is 8.40. The fourth-order valence-electron chi connectivity index (χ4n) is 3.81. The molecule has 0 aliphatic heterocycles. The number of hydrogen-bond donors (Lipinski definition) is 0. The Labute approximate surface area is 184 Å². The molecule has 32 heavy (non-hydrogen) atoms. The van der Waals surface area contributed by atoms with Crippen LogP contribution >= 0.6 is 0 Å². The van der Waals surface area contributed by atoms with Crippen molar-refractivity contribution in [3.8, 4) is 28.0 Å². The summed E-state index contributed by atoms with van der Waals surface area (Å²) in [6, 6.07) is 20.4. The van der Waals surface area contributed by atoms with Gasteiger partial charge in [0.1, 0.15) is 5.82 Å². The highest BCUT2D eigenvalue weighted by molar-refractivity contribution is 5.89. The highest BCUT2D eigenvalue weighted by Crippen LogP contribution is 2.32. The molecule has 0 saturated heterocycles. The Morgan fingerprint density at radius 3 is 2.19 bits per heavy atom. The maximum Gasteiger partial charge on any atom is 0.387 e. The zero-order valence-electron chi connectivity index (χ0n) is 17.5. The first-order chi connectivity index (χ1) is 15.5. The Bertz CT molecular complexity index is 1230. The van der Waals surface area contributed by atoms with Crippen molar-refractivity contribution in [1.29, 1.82) is 0 Å². The minimum Gasteiger partial charge on any atom is -0.432 e. The van der Waals surface area contributed by atoms with Gasteiger partial charge in [0.2, 0.25) is 0 Å². The highest BCUT2D eigenvalue weighted by Gasteiger charge is 2.13. The summed E-state index contributed by atoms with van der Waals surface area (Å²) >= 11 is 0. The molecule has 1 nitrogen and oxygen atoms in total. The number of unbranched alkanes of at least 4 members (excludes halogenated alkanes) is 1. The molecule has 0 radical (unpaired) electrons. The fraction of sp³-hybridized carbons (Fsp3) is 0.185. The van der Waals surface area contributed by atoms with Gasteiger partial charge in [-0.1, -0.05) is 74.0 Å². The first kappa shape index (κ1) is 21.9. The second-order valence-corrected chi connectivity index (χ2v) is 7.69. The molecule has 0 heterocycles. The first-order valence-electron chi connectivity index (χ1n) is 10.5. The molecular formula is C27H22F4O. The predicted molar refractivity (Wildman–Crippen MR) is 120 cm³/mol. The van der Waals surface area contributed by atoms with Crippen LogP contribution in [-0.2, 0) is 6.42 Å². The monoisotopic (exact) mass is 438 g/mol. The topological polar surface area (TPSA) is 9.23 Å². The molecule has 0 bridgehead atoms. The molecular weight excluding hydrogens is 416 g/mol. The van der Waals surface area contributed by atoms with Crippen LogP contribution in [0, 0.1) is 11.6 Å². The summed E-state index contributed by atoms with van der Waals surface area (Å²) in [5, 5.41) is 1.45. The fourth-order valence-corrected chi connectivity index (χ4v) is 3.81. The summed E-state index contributed by atoms with van der Waals surface area (Å²) in [4.78, 5) is 0. The molecule has 0 aliphatic rings. The lowest BCUT2D eigenvalue weighted by atomic mass is 9.96. The van der Waals surface area contributed by atoms with Crippen molar-refractivity contribution >= 4 is 10.8 Å². The van der Waals surface area contributed by atoms with Gasteiger partial charge in [-0.05, 0) is 52.6 Å². The Kier molecular flexibility index (Phi) is 6.45. The molecule has 0 amide bonds. The van der Waals surface area contributed by atoms with E-state index in [-0.39, 0.29) is 5.82 Å². The Balaban J connectivity index is 1.61. The number of rotatable bonds is 7. The maximum absolute atomic E-state index is 15.2. The number of aryl methyl sites for hydroxylation is 1. The SMILES string of the molecule is CCCCc1ccc2c(F)c(-c3ccc(-c4ccc(OC(F)F)c(F)c4)cc3)ccc2c1. The van der Waals surface area contributed by atoms with Crippen LogP contribution in [0.4, 0.5) is 17.6 Å². The van der Waals surface area contributed by atoms with E-state index in [2.05, 4.69) is 11.7 Å². The quantitative estimate of drug-likeness (QED) is 0.263. The van der Waals surface area contributed by atoms with Gasteiger partial charge in [0.05, 0.1) is 0 Å². The molecule has 4 aromatic rings. The molecule has 0 aliphatic carbocycles. The van der Waals surface area contributed by atoms with Crippen LogP contribution in [0.1, 0.15) is 25.3 Å². The van der Waals surface area contributed by atoms with Gasteiger partial charge in [0, 0.05) is 10.9 Å². The minimum absolute atomic E-state index is 0.281. The average Bonchev–Trinajstić information content (AvgIpc) is 2.79. The molecule has 0 N–H and O–H groups in total. The van der Waals surface area contributed by atoms with Crippen LogP contribution in [0.2, 0.25) is 0 Å². The number of hydrogen-bond acceptors (Lipinski definition) is 1. The zero-order valence-corrected chi connectivity index (χ0v) is 17.5. The summed E-state index contributed by atoms with van der Waals surface area (Å²) in [6.45, 7) is -0.944. The van der Waals surface area contributed by atoms with E-state index in [1.54, 1.807) is 30.3 Å². The zero-order chi connectivity index (χ0) is 22.7. The molecule has 4 aromatic carbocycles. The van der Waals surface area contributed by atoms with Crippen molar-refractivity contribution in [3.05, 3.63) is 90.0 Å². The molecule has 4 rings (SSSR count). The maximum atomic E-state index is 15.2. The van der Waals surface area contributed by atoms with Crippen molar-refractivity contribution in [1.82, 2.24) is 0 Å². The van der Waals surface area contributed by atoms with Gasteiger partial charge in [-0.3, -0.25) is 0 Å². The largest absolute Gasteiger partial charge is 0.432 e. The summed E-state index contributed by atoms with van der Waals surface area (Å²) in [5.74, 6) is -1.65. The third kappa shape index (κ3) is 4.62. The second kappa shape index (κ2) is 9.43. The number of alkyl halides is 2. The summed E-state index contributed by atoms with van der Waals surface area (Å²) in [6.07, 6.45) is 3.19. The van der Waals surface area contributed by atoms with Crippen LogP contribution in [0.25, 0.3) is 33.0 Å². The number of fused-ring (bicyclic) bond motifs is 1. The van der Waals surface area contributed by atoms with Gasteiger partial charge in [-0.2, -0.15) is 8.78 Å². The van der Waals surface area contributed by atoms with E-state index in [4.69, 9.17) is 0 Å². The van der Waals surface area contributed by atoms with Gasteiger partial charge in [-0.25, -0.2) is 8.78 Å². The normalized spacial score (nSPS) is 11.3. The molecule has 0 saturated carbocycles.